The Morgan fingerprint density at radius 3 is 1.35 bits per heavy atom. The molecule has 0 aromatic rings. The highest BCUT2D eigenvalue weighted by Gasteiger charge is 2.24. The summed E-state index contributed by atoms with van der Waals surface area (Å²) >= 11 is 0. The predicted molar refractivity (Wildman–Crippen MR) is 100 cm³/mol. The van der Waals surface area contributed by atoms with Gasteiger partial charge in [0.2, 0.25) is 0 Å². The summed E-state index contributed by atoms with van der Waals surface area (Å²) in [7, 11) is -3.91. The summed E-state index contributed by atoms with van der Waals surface area (Å²) < 4.78 is 33.0. The number of hydrogen-bond acceptors (Lipinski definition) is 2. The van der Waals surface area contributed by atoms with Crippen LogP contribution >= 0.6 is 0 Å². The minimum atomic E-state index is -3.91. The molecule has 1 N–H and O–H groups in total. The first kappa shape index (κ1) is 22.9. The van der Waals surface area contributed by atoms with E-state index >= 15 is 0 Å². The molecular formula is C19H40O3S. The van der Waals surface area contributed by atoms with E-state index in [1.807, 2.05) is 0 Å². The van der Waals surface area contributed by atoms with Gasteiger partial charge in [-0.05, 0) is 37.5 Å². The fourth-order valence-electron chi connectivity index (χ4n) is 3.38. The van der Waals surface area contributed by atoms with Gasteiger partial charge in [-0.2, -0.15) is 8.42 Å². The molecule has 0 radical (unpaired) electrons. The molecule has 0 spiro atoms. The molecule has 0 saturated heterocycles. The van der Waals surface area contributed by atoms with Gasteiger partial charge in [0.1, 0.15) is 0 Å². The molecule has 23 heavy (non-hydrogen) atoms. The second-order valence-electron chi connectivity index (χ2n) is 7.12. The Balaban J connectivity index is 4.47. The van der Waals surface area contributed by atoms with Gasteiger partial charge in [0.15, 0.2) is 0 Å². The molecule has 0 heterocycles. The van der Waals surface area contributed by atoms with Gasteiger partial charge in [0, 0.05) is 0 Å². The predicted octanol–water partition coefficient (Wildman–Crippen LogP) is 6.24. The molecule has 0 saturated carbocycles. The maximum Gasteiger partial charge on any atom is 0.267 e. The maximum atomic E-state index is 11.7. The van der Waals surface area contributed by atoms with Crippen LogP contribution in [0.4, 0.5) is 0 Å². The molecule has 3 nitrogen and oxygen atoms in total. The Labute approximate surface area is 145 Å². The second-order valence-corrected chi connectivity index (χ2v) is 8.82. The second kappa shape index (κ2) is 13.2. The van der Waals surface area contributed by atoms with Crippen LogP contribution in [0.3, 0.4) is 0 Å². The first-order valence-corrected chi connectivity index (χ1v) is 11.3. The largest absolute Gasteiger partial charge is 0.285 e. The fourth-order valence-corrected chi connectivity index (χ4v) is 4.24. The lowest BCUT2D eigenvalue weighted by atomic mass is 9.90. The van der Waals surface area contributed by atoms with Crippen LogP contribution in [0.5, 0.6) is 0 Å². The van der Waals surface area contributed by atoms with Gasteiger partial charge in [-0.1, -0.05) is 79.1 Å². The molecule has 0 aromatic carbocycles. The third-order valence-electron chi connectivity index (χ3n) is 5.30. The van der Waals surface area contributed by atoms with Crippen molar-refractivity contribution in [1.82, 2.24) is 0 Å². The average Bonchev–Trinajstić information content (AvgIpc) is 2.51. The van der Waals surface area contributed by atoms with Gasteiger partial charge in [0.05, 0.1) is 5.25 Å². The summed E-state index contributed by atoms with van der Waals surface area (Å²) in [6.07, 6.45) is 12.4. The van der Waals surface area contributed by atoms with Crippen molar-refractivity contribution in [2.24, 2.45) is 11.8 Å². The van der Waals surface area contributed by atoms with Gasteiger partial charge < -0.3 is 0 Å². The van der Waals surface area contributed by atoms with Crippen molar-refractivity contribution in [3.63, 3.8) is 0 Å². The van der Waals surface area contributed by atoms with Crippen molar-refractivity contribution in [1.29, 1.82) is 0 Å². The van der Waals surface area contributed by atoms with Gasteiger partial charge >= 0.3 is 0 Å². The quantitative estimate of drug-likeness (QED) is 0.357. The number of hydrogen-bond donors (Lipinski definition) is 1. The molecule has 2 atom stereocenters. The monoisotopic (exact) mass is 348 g/mol. The van der Waals surface area contributed by atoms with Crippen molar-refractivity contribution in [3.8, 4) is 0 Å². The van der Waals surface area contributed by atoms with Gasteiger partial charge in [0.25, 0.3) is 10.1 Å². The Bertz CT molecular complexity index is 345. The highest BCUT2D eigenvalue weighted by Crippen LogP contribution is 2.26. The lowest BCUT2D eigenvalue weighted by Crippen LogP contribution is -2.22. The van der Waals surface area contributed by atoms with Crippen molar-refractivity contribution in [2.45, 2.75) is 110 Å². The molecule has 0 aromatic heterocycles. The van der Waals surface area contributed by atoms with E-state index < -0.39 is 15.4 Å². The molecule has 4 heteroatoms. The molecule has 140 valence electrons. The van der Waals surface area contributed by atoms with Crippen LogP contribution < -0.4 is 0 Å². The number of unbranched alkanes of at least 4 members (excludes halogenated alkanes) is 2. The first-order valence-electron chi connectivity index (χ1n) is 9.85. The van der Waals surface area contributed by atoms with Crippen molar-refractivity contribution < 1.29 is 13.0 Å². The molecule has 0 rings (SSSR count). The van der Waals surface area contributed by atoms with Crippen LogP contribution in [-0.4, -0.2) is 18.2 Å². The Hall–Kier alpha value is -0.0900. The summed E-state index contributed by atoms with van der Waals surface area (Å²) in [5, 5.41) is -0.561. The van der Waals surface area contributed by atoms with Crippen LogP contribution in [0.15, 0.2) is 0 Å². The highest BCUT2D eigenvalue weighted by atomic mass is 32.2. The normalized spacial score (nSPS) is 15.0. The molecule has 0 unspecified atom stereocenters. The topological polar surface area (TPSA) is 54.4 Å². The zero-order valence-corrected chi connectivity index (χ0v) is 16.7. The summed E-state index contributed by atoms with van der Waals surface area (Å²) in [5.74, 6) is 1.20. The third-order valence-corrected chi connectivity index (χ3v) is 6.62. The Kier molecular flexibility index (Phi) is 13.2. The molecular weight excluding hydrogens is 308 g/mol. The van der Waals surface area contributed by atoms with E-state index in [1.54, 1.807) is 0 Å². The molecule has 0 aliphatic carbocycles. The van der Waals surface area contributed by atoms with E-state index in [2.05, 4.69) is 27.7 Å². The Morgan fingerprint density at radius 1 is 0.696 bits per heavy atom. The first-order chi connectivity index (χ1) is 10.9. The van der Waals surface area contributed by atoms with Crippen molar-refractivity contribution >= 4 is 10.1 Å². The summed E-state index contributed by atoms with van der Waals surface area (Å²) in [4.78, 5) is 0. The smallest absolute Gasteiger partial charge is 0.267 e. The summed E-state index contributed by atoms with van der Waals surface area (Å²) in [5.41, 5.74) is 0. The minimum absolute atomic E-state index is 0.561. The van der Waals surface area contributed by atoms with E-state index in [4.69, 9.17) is 0 Å². The molecule has 0 fully saturated rings. The SMILES string of the molecule is CCCC[C@H](CC)CCC(CC[C@@H](CC)CCCC)S(=O)(=O)O. The Morgan fingerprint density at radius 2 is 1.09 bits per heavy atom. The summed E-state index contributed by atoms with van der Waals surface area (Å²) in [6, 6.07) is 0. The van der Waals surface area contributed by atoms with Crippen molar-refractivity contribution in [3.05, 3.63) is 0 Å². The van der Waals surface area contributed by atoms with Crippen LogP contribution in [0, 0.1) is 11.8 Å². The zero-order valence-electron chi connectivity index (χ0n) is 15.9. The van der Waals surface area contributed by atoms with Crippen LogP contribution in [0.1, 0.15) is 105 Å². The molecule has 0 amide bonds. The van der Waals surface area contributed by atoms with Crippen molar-refractivity contribution in [2.75, 3.05) is 0 Å². The molecule has 0 bridgehead atoms. The lowest BCUT2D eigenvalue weighted by molar-refractivity contribution is 0.364. The van der Waals surface area contributed by atoms with Crippen LogP contribution in [0.25, 0.3) is 0 Å². The third kappa shape index (κ3) is 11.1. The van der Waals surface area contributed by atoms with Gasteiger partial charge in [-0.25, -0.2) is 0 Å². The van der Waals surface area contributed by atoms with E-state index in [-0.39, 0.29) is 0 Å². The summed E-state index contributed by atoms with van der Waals surface area (Å²) in [6.45, 7) is 8.74. The molecule has 0 aliphatic rings. The maximum absolute atomic E-state index is 11.7. The van der Waals surface area contributed by atoms with Gasteiger partial charge in [-0.15, -0.1) is 0 Å². The highest BCUT2D eigenvalue weighted by molar-refractivity contribution is 7.86. The fraction of sp³-hybridized carbons (Fsp3) is 1.00. The average molecular weight is 349 g/mol. The lowest BCUT2D eigenvalue weighted by Gasteiger charge is -2.21. The zero-order chi connectivity index (χ0) is 17.7. The minimum Gasteiger partial charge on any atom is -0.285 e. The molecule has 0 aliphatic heterocycles. The van der Waals surface area contributed by atoms with E-state index in [0.29, 0.717) is 24.7 Å². The number of rotatable bonds is 15. The standard InChI is InChI=1S/C19H40O3S/c1-5-9-11-17(7-3)13-15-19(23(20,21)22)16-14-18(8-4)12-10-6-2/h17-19H,5-16H2,1-4H3,(H,20,21,22)/t17-,18-/m0/s1. The van der Waals surface area contributed by atoms with E-state index in [0.717, 1.165) is 25.7 Å². The van der Waals surface area contributed by atoms with Crippen LogP contribution in [0.2, 0.25) is 0 Å². The van der Waals surface area contributed by atoms with Crippen LogP contribution in [-0.2, 0) is 10.1 Å². The van der Waals surface area contributed by atoms with Gasteiger partial charge in [-0.3, -0.25) is 4.55 Å². The van der Waals surface area contributed by atoms with E-state index in [1.165, 1.54) is 38.5 Å². The van der Waals surface area contributed by atoms with E-state index in [9.17, 15) is 13.0 Å².